The van der Waals surface area contributed by atoms with Crippen molar-refractivity contribution in [2.45, 2.75) is 24.7 Å². The van der Waals surface area contributed by atoms with Crippen LogP contribution in [0, 0.1) is 0 Å². The monoisotopic (exact) mass is 348 g/mol. The lowest BCUT2D eigenvalue weighted by Gasteiger charge is -2.10. The molecule has 8 nitrogen and oxygen atoms in total. The second kappa shape index (κ2) is 10.2. The molecule has 0 heterocycles. The number of hydrogen-bond acceptors (Lipinski definition) is 5. The number of hydrogen-bond donors (Lipinski definition) is 4. The van der Waals surface area contributed by atoms with Crippen LogP contribution in [0.25, 0.3) is 0 Å². The summed E-state index contributed by atoms with van der Waals surface area (Å²) in [6, 6.07) is 8.38. The first-order valence-electron chi connectivity index (χ1n) is 6.13. The van der Waals surface area contributed by atoms with Gasteiger partial charge in [-0.1, -0.05) is 32.0 Å². The molecule has 0 saturated carbocycles. The molecule has 0 saturated heterocycles. The molecular weight excluding hydrogens is 328 g/mol. The molecule has 10 heteroatoms. The number of benzene rings is 1. The molecule has 0 atom stereocenters. The Balaban J connectivity index is 0.000000763. The minimum atomic E-state index is -4.67. The zero-order chi connectivity index (χ0) is 17.2. The van der Waals surface area contributed by atoms with Gasteiger partial charge in [-0.2, -0.15) is 13.5 Å². The summed E-state index contributed by atoms with van der Waals surface area (Å²) in [6.45, 7) is 4.37. The van der Waals surface area contributed by atoms with E-state index < -0.39 is 10.4 Å². The average molecular weight is 348 g/mol. The van der Waals surface area contributed by atoms with Gasteiger partial charge in [0.2, 0.25) is 5.96 Å². The van der Waals surface area contributed by atoms with E-state index in [1.54, 1.807) is 18.0 Å². The zero-order valence-electron chi connectivity index (χ0n) is 12.2. The predicted molar refractivity (Wildman–Crippen MR) is 89.7 cm³/mol. The lowest BCUT2D eigenvalue weighted by atomic mass is 10.0. The van der Waals surface area contributed by atoms with Crippen LogP contribution in [-0.2, 0) is 10.4 Å². The van der Waals surface area contributed by atoms with Crippen molar-refractivity contribution in [1.82, 2.24) is 0 Å². The Hall–Kier alpha value is -1.62. The first kappa shape index (κ1) is 20.4. The summed E-state index contributed by atoms with van der Waals surface area (Å²) in [7, 11) is -4.67. The molecule has 0 bridgehead atoms. The Morgan fingerprint density at radius 3 is 2.36 bits per heavy atom. The highest BCUT2D eigenvalue weighted by molar-refractivity contribution is 8.00. The topological polar surface area (TPSA) is 151 Å². The Morgan fingerprint density at radius 1 is 1.32 bits per heavy atom. The van der Waals surface area contributed by atoms with Gasteiger partial charge in [0.05, 0.1) is 0 Å². The third kappa shape index (κ3) is 12.1. The molecule has 1 aromatic rings. The summed E-state index contributed by atoms with van der Waals surface area (Å²) in [5.41, 5.74) is 11.7. The van der Waals surface area contributed by atoms with E-state index >= 15 is 0 Å². The van der Waals surface area contributed by atoms with Crippen LogP contribution in [0.3, 0.4) is 0 Å². The average Bonchev–Trinajstić information content (AvgIpc) is 2.36. The molecule has 0 spiro atoms. The summed E-state index contributed by atoms with van der Waals surface area (Å²) in [6.07, 6.45) is 1.70. The van der Waals surface area contributed by atoms with Crippen LogP contribution < -0.4 is 11.5 Å². The summed E-state index contributed by atoms with van der Waals surface area (Å²) in [4.78, 5) is 1.28. The van der Waals surface area contributed by atoms with Gasteiger partial charge in [0, 0.05) is 16.9 Å². The van der Waals surface area contributed by atoms with E-state index in [0.29, 0.717) is 5.92 Å². The van der Waals surface area contributed by atoms with Crippen molar-refractivity contribution in [2.75, 3.05) is 5.75 Å². The van der Waals surface area contributed by atoms with Crippen LogP contribution >= 0.6 is 11.8 Å². The molecule has 0 unspecified atom stereocenters. The summed E-state index contributed by atoms with van der Waals surface area (Å²) in [5, 5.41) is 7.29. The third-order valence-electron chi connectivity index (χ3n) is 2.11. The Bertz CT molecular complexity index is 603. The van der Waals surface area contributed by atoms with Gasteiger partial charge in [-0.3, -0.25) is 9.11 Å². The second-order valence-corrected chi connectivity index (χ2v) is 6.23. The van der Waals surface area contributed by atoms with Gasteiger partial charge in [0.25, 0.3) is 0 Å². The minimum absolute atomic E-state index is 0.0196. The number of thioether (sulfide) groups is 1. The van der Waals surface area contributed by atoms with Gasteiger partial charge in [-0.05, 0) is 17.5 Å². The van der Waals surface area contributed by atoms with E-state index in [9.17, 15) is 0 Å². The maximum Gasteiger partial charge on any atom is 0.394 e. The molecule has 0 radical (unpaired) electrons. The quantitative estimate of drug-likeness (QED) is 0.207. The van der Waals surface area contributed by atoms with Crippen molar-refractivity contribution in [3.8, 4) is 0 Å². The molecule has 124 valence electrons. The van der Waals surface area contributed by atoms with Gasteiger partial charge < -0.3 is 11.5 Å². The highest BCUT2D eigenvalue weighted by Gasteiger charge is 2.04. The number of nitrogens with two attached hydrogens (primary N) is 2. The van der Waals surface area contributed by atoms with Gasteiger partial charge in [0.15, 0.2) is 0 Å². The van der Waals surface area contributed by atoms with Crippen LogP contribution in [0.2, 0.25) is 0 Å². The van der Waals surface area contributed by atoms with E-state index in [1.165, 1.54) is 10.5 Å². The Kier molecular flexibility index (Phi) is 9.42. The van der Waals surface area contributed by atoms with Gasteiger partial charge in [0.1, 0.15) is 0 Å². The van der Waals surface area contributed by atoms with Gasteiger partial charge in [-0.25, -0.2) is 0 Å². The third-order valence-corrected chi connectivity index (χ3v) is 3.11. The first-order chi connectivity index (χ1) is 10.1. The van der Waals surface area contributed by atoms with E-state index in [-0.39, 0.29) is 5.96 Å². The SMILES string of the molecule is CC(C)c1ccccc1SC/C=N/N=C(N)N.O=S(=O)(O)O. The number of nitrogens with zero attached hydrogens (tertiary/aromatic N) is 2. The summed E-state index contributed by atoms with van der Waals surface area (Å²) in [5.74, 6) is 1.25. The van der Waals surface area contributed by atoms with Crippen molar-refractivity contribution in [3.63, 3.8) is 0 Å². The van der Waals surface area contributed by atoms with E-state index in [1.807, 2.05) is 6.07 Å². The molecule has 0 fully saturated rings. The molecular formula is C12H20N4O4S2. The Morgan fingerprint density at radius 2 is 1.86 bits per heavy atom. The maximum absolute atomic E-state index is 8.74. The lowest BCUT2D eigenvalue weighted by molar-refractivity contribution is 0.381. The van der Waals surface area contributed by atoms with Crippen molar-refractivity contribution < 1.29 is 17.5 Å². The van der Waals surface area contributed by atoms with Crippen molar-refractivity contribution in [3.05, 3.63) is 29.8 Å². The van der Waals surface area contributed by atoms with Gasteiger partial charge >= 0.3 is 10.4 Å². The lowest BCUT2D eigenvalue weighted by Crippen LogP contribution is -2.21. The fourth-order valence-corrected chi connectivity index (χ4v) is 2.32. The molecule has 1 aromatic carbocycles. The number of guanidine groups is 1. The molecule has 1 rings (SSSR count). The summed E-state index contributed by atoms with van der Waals surface area (Å²) < 4.78 is 31.6. The highest BCUT2D eigenvalue weighted by Crippen LogP contribution is 2.27. The number of rotatable bonds is 5. The van der Waals surface area contributed by atoms with Crippen molar-refractivity contribution >= 4 is 34.3 Å². The van der Waals surface area contributed by atoms with E-state index in [0.717, 1.165) is 5.75 Å². The van der Waals surface area contributed by atoms with Crippen molar-refractivity contribution in [1.29, 1.82) is 0 Å². The summed E-state index contributed by atoms with van der Waals surface area (Å²) >= 11 is 1.73. The van der Waals surface area contributed by atoms with Crippen LogP contribution in [0.15, 0.2) is 39.4 Å². The fourth-order valence-electron chi connectivity index (χ4n) is 1.36. The molecule has 0 aliphatic heterocycles. The van der Waals surface area contributed by atoms with E-state index in [4.69, 9.17) is 29.0 Å². The molecule has 22 heavy (non-hydrogen) atoms. The van der Waals surface area contributed by atoms with E-state index in [2.05, 4.69) is 42.2 Å². The van der Waals surface area contributed by atoms with Crippen LogP contribution in [-0.4, -0.2) is 35.5 Å². The molecule has 0 aromatic heterocycles. The zero-order valence-corrected chi connectivity index (χ0v) is 13.9. The first-order valence-corrected chi connectivity index (χ1v) is 8.51. The van der Waals surface area contributed by atoms with Crippen LogP contribution in [0.4, 0.5) is 0 Å². The second-order valence-electron chi connectivity index (χ2n) is 4.27. The van der Waals surface area contributed by atoms with Crippen LogP contribution in [0.5, 0.6) is 0 Å². The smallest absolute Gasteiger partial charge is 0.369 e. The normalized spacial score (nSPS) is 11.1. The Labute approximate surface area is 134 Å². The molecule has 0 aliphatic carbocycles. The maximum atomic E-state index is 8.74. The highest BCUT2D eigenvalue weighted by atomic mass is 32.3. The molecule has 6 N–H and O–H groups in total. The van der Waals surface area contributed by atoms with Crippen LogP contribution in [0.1, 0.15) is 25.3 Å². The molecule has 0 amide bonds. The predicted octanol–water partition coefficient (Wildman–Crippen LogP) is 1.51. The van der Waals surface area contributed by atoms with Gasteiger partial charge in [-0.15, -0.1) is 16.9 Å². The minimum Gasteiger partial charge on any atom is -0.369 e. The standard InChI is InChI=1S/C12H18N4S.H2O4S/c1-9(2)10-5-3-4-6-11(10)17-8-7-15-16-12(13)14;1-5(2,3)4/h3-7,9H,8H2,1-2H3,(H4,13,14,16);(H2,1,2,3,4)/b15-7+;. The largest absolute Gasteiger partial charge is 0.394 e. The fraction of sp³-hybridized carbons (Fsp3) is 0.333. The molecule has 0 aliphatic rings. The van der Waals surface area contributed by atoms with Crippen molar-refractivity contribution in [2.24, 2.45) is 21.7 Å².